The summed E-state index contributed by atoms with van der Waals surface area (Å²) in [5.74, 6) is -0.356. The maximum Gasteiger partial charge on any atom is 0.325 e. The molecule has 1 saturated heterocycles. The predicted octanol–water partition coefficient (Wildman–Crippen LogP) is 2.48. The fourth-order valence-corrected chi connectivity index (χ4v) is 2.80. The van der Waals surface area contributed by atoms with Gasteiger partial charge in [0.05, 0.1) is 0 Å². The highest BCUT2D eigenvalue weighted by atomic mass is 16.2. The molecule has 6 heteroatoms. The van der Waals surface area contributed by atoms with Gasteiger partial charge in [0.15, 0.2) is 0 Å². The minimum Gasteiger partial charge on any atom is -0.326 e. The van der Waals surface area contributed by atoms with Crippen LogP contribution in [0, 0.1) is 0 Å². The van der Waals surface area contributed by atoms with Gasteiger partial charge in [-0.2, -0.15) is 0 Å². The van der Waals surface area contributed by atoms with Crippen molar-refractivity contribution in [3.05, 3.63) is 65.7 Å². The molecule has 1 atom stereocenters. The molecule has 0 spiro atoms. The lowest BCUT2D eigenvalue weighted by Crippen LogP contribution is -2.32. The Balaban J connectivity index is 1.62. The van der Waals surface area contributed by atoms with Gasteiger partial charge in [-0.1, -0.05) is 42.5 Å². The van der Waals surface area contributed by atoms with Crippen LogP contribution in [-0.4, -0.2) is 29.3 Å². The molecule has 1 unspecified atom stereocenters. The van der Waals surface area contributed by atoms with E-state index >= 15 is 0 Å². The second-order valence-electron chi connectivity index (χ2n) is 5.91. The van der Waals surface area contributed by atoms with Crippen LogP contribution in [0.15, 0.2) is 54.6 Å². The van der Waals surface area contributed by atoms with Gasteiger partial charge in [0.25, 0.3) is 5.91 Å². The van der Waals surface area contributed by atoms with E-state index in [9.17, 15) is 14.4 Å². The molecule has 0 bridgehead atoms. The molecule has 0 radical (unpaired) electrons. The first-order valence-electron chi connectivity index (χ1n) is 8.08. The van der Waals surface area contributed by atoms with Crippen molar-refractivity contribution in [1.29, 1.82) is 0 Å². The third kappa shape index (κ3) is 3.85. The summed E-state index contributed by atoms with van der Waals surface area (Å²) in [6.07, 6.45) is 0.557. The normalized spacial score (nSPS) is 16.7. The number of carbonyl (C=O) groups excluding carboxylic acids is 3. The lowest BCUT2D eigenvalue weighted by molar-refractivity contribution is -0.127. The summed E-state index contributed by atoms with van der Waals surface area (Å²) < 4.78 is 0. The van der Waals surface area contributed by atoms with E-state index in [0.29, 0.717) is 13.0 Å². The van der Waals surface area contributed by atoms with Crippen LogP contribution in [0.2, 0.25) is 0 Å². The van der Waals surface area contributed by atoms with Gasteiger partial charge in [-0.15, -0.1) is 0 Å². The Bertz CT molecular complexity index is 787. The standard InChI is InChI=1S/C19H19N3O3/c1-13(23)20-16-9-7-14(8-10-16)11-12-22-18(24)17(21-19(22)25)15-5-3-2-4-6-15/h2-10,17H,11-12H2,1H3,(H,20,23)(H,21,25). The van der Waals surface area contributed by atoms with Crippen LogP contribution in [0.1, 0.15) is 24.1 Å². The van der Waals surface area contributed by atoms with E-state index in [1.165, 1.54) is 11.8 Å². The molecule has 1 heterocycles. The first-order valence-corrected chi connectivity index (χ1v) is 8.08. The predicted molar refractivity (Wildman–Crippen MR) is 93.9 cm³/mol. The zero-order valence-corrected chi connectivity index (χ0v) is 13.9. The van der Waals surface area contributed by atoms with Crippen molar-refractivity contribution in [1.82, 2.24) is 10.2 Å². The first kappa shape index (κ1) is 16.7. The number of imide groups is 1. The second kappa shape index (κ2) is 7.17. The second-order valence-corrected chi connectivity index (χ2v) is 5.91. The van der Waals surface area contributed by atoms with Crippen LogP contribution in [0.3, 0.4) is 0 Å². The monoisotopic (exact) mass is 337 g/mol. The lowest BCUT2D eigenvalue weighted by Gasteiger charge is -2.13. The number of nitrogens with zero attached hydrogens (tertiary/aromatic N) is 1. The number of hydrogen-bond acceptors (Lipinski definition) is 3. The highest BCUT2D eigenvalue weighted by Crippen LogP contribution is 2.22. The molecule has 1 aliphatic rings. The number of rotatable bonds is 5. The molecule has 128 valence electrons. The molecule has 3 rings (SSSR count). The van der Waals surface area contributed by atoms with E-state index in [2.05, 4.69) is 10.6 Å². The van der Waals surface area contributed by atoms with Crippen molar-refractivity contribution in [2.75, 3.05) is 11.9 Å². The molecule has 0 aliphatic carbocycles. The number of carbonyl (C=O) groups is 3. The topological polar surface area (TPSA) is 78.5 Å². The largest absolute Gasteiger partial charge is 0.326 e. The summed E-state index contributed by atoms with van der Waals surface area (Å²) in [5, 5.41) is 5.43. The van der Waals surface area contributed by atoms with E-state index in [-0.39, 0.29) is 17.8 Å². The smallest absolute Gasteiger partial charge is 0.325 e. The highest BCUT2D eigenvalue weighted by molar-refractivity contribution is 6.04. The summed E-state index contributed by atoms with van der Waals surface area (Å²) in [6, 6.07) is 15.6. The lowest BCUT2D eigenvalue weighted by atomic mass is 10.1. The molecular formula is C19H19N3O3. The maximum absolute atomic E-state index is 12.5. The van der Waals surface area contributed by atoms with Gasteiger partial charge in [-0.05, 0) is 29.7 Å². The van der Waals surface area contributed by atoms with Crippen molar-refractivity contribution >= 4 is 23.5 Å². The average molecular weight is 337 g/mol. The van der Waals surface area contributed by atoms with Gasteiger partial charge >= 0.3 is 6.03 Å². The Labute approximate surface area is 145 Å². The number of anilines is 1. The van der Waals surface area contributed by atoms with Crippen LogP contribution in [0.4, 0.5) is 10.5 Å². The minimum absolute atomic E-state index is 0.126. The quantitative estimate of drug-likeness (QED) is 0.823. The van der Waals surface area contributed by atoms with E-state index in [1.54, 1.807) is 12.1 Å². The molecule has 2 aromatic rings. The Morgan fingerprint density at radius 3 is 2.40 bits per heavy atom. The van der Waals surface area contributed by atoms with Crippen molar-refractivity contribution in [3.8, 4) is 0 Å². The van der Waals surface area contributed by atoms with Crippen molar-refractivity contribution in [2.45, 2.75) is 19.4 Å². The molecule has 4 amide bonds. The summed E-state index contributed by atoms with van der Waals surface area (Å²) in [6.45, 7) is 1.77. The molecule has 6 nitrogen and oxygen atoms in total. The number of benzene rings is 2. The highest BCUT2D eigenvalue weighted by Gasteiger charge is 2.38. The molecule has 2 aromatic carbocycles. The Hall–Kier alpha value is -3.15. The molecule has 0 saturated carbocycles. The third-order valence-electron chi connectivity index (χ3n) is 4.06. The number of amides is 4. The van der Waals surface area contributed by atoms with Gasteiger partial charge in [0.1, 0.15) is 6.04 Å². The van der Waals surface area contributed by atoms with Crippen LogP contribution in [-0.2, 0) is 16.0 Å². The summed E-state index contributed by atoms with van der Waals surface area (Å²) in [4.78, 5) is 36.9. The Kier molecular flexibility index (Phi) is 4.79. The molecule has 25 heavy (non-hydrogen) atoms. The van der Waals surface area contributed by atoms with E-state index in [1.807, 2.05) is 42.5 Å². The third-order valence-corrected chi connectivity index (χ3v) is 4.06. The van der Waals surface area contributed by atoms with Crippen LogP contribution < -0.4 is 10.6 Å². The molecular weight excluding hydrogens is 318 g/mol. The minimum atomic E-state index is -0.615. The molecule has 1 fully saturated rings. The molecule has 0 aromatic heterocycles. The Morgan fingerprint density at radius 2 is 1.76 bits per heavy atom. The summed E-state index contributed by atoms with van der Waals surface area (Å²) >= 11 is 0. The number of hydrogen-bond donors (Lipinski definition) is 2. The fourth-order valence-electron chi connectivity index (χ4n) is 2.80. The summed E-state index contributed by atoms with van der Waals surface area (Å²) in [7, 11) is 0. The maximum atomic E-state index is 12.5. The average Bonchev–Trinajstić information content (AvgIpc) is 2.89. The van der Waals surface area contributed by atoms with Gasteiger partial charge in [-0.25, -0.2) is 4.79 Å². The number of urea groups is 1. The van der Waals surface area contributed by atoms with Gasteiger partial charge in [-0.3, -0.25) is 14.5 Å². The van der Waals surface area contributed by atoms with Crippen LogP contribution in [0.5, 0.6) is 0 Å². The Morgan fingerprint density at radius 1 is 1.08 bits per heavy atom. The van der Waals surface area contributed by atoms with E-state index in [0.717, 1.165) is 16.8 Å². The van der Waals surface area contributed by atoms with Gasteiger partial charge < -0.3 is 10.6 Å². The van der Waals surface area contributed by atoms with Crippen molar-refractivity contribution < 1.29 is 14.4 Å². The van der Waals surface area contributed by atoms with E-state index < -0.39 is 6.04 Å². The number of nitrogens with one attached hydrogen (secondary N) is 2. The zero-order chi connectivity index (χ0) is 17.8. The van der Waals surface area contributed by atoms with Crippen LogP contribution in [0.25, 0.3) is 0 Å². The van der Waals surface area contributed by atoms with Gasteiger partial charge in [0.2, 0.25) is 5.91 Å². The van der Waals surface area contributed by atoms with E-state index in [4.69, 9.17) is 0 Å². The van der Waals surface area contributed by atoms with Crippen molar-refractivity contribution in [3.63, 3.8) is 0 Å². The van der Waals surface area contributed by atoms with Crippen molar-refractivity contribution in [2.24, 2.45) is 0 Å². The fraction of sp³-hybridized carbons (Fsp3) is 0.211. The van der Waals surface area contributed by atoms with Crippen LogP contribution >= 0.6 is 0 Å². The summed E-state index contributed by atoms with van der Waals surface area (Å²) in [5.41, 5.74) is 2.48. The first-order chi connectivity index (χ1) is 12.0. The molecule has 1 aliphatic heterocycles. The SMILES string of the molecule is CC(=O)Nc1ccc(CCN2C(=O)NC(c3ccccc3)C2=O)cc1. The zero-order valence-electron chi connectivity index (χ0n) is 13.9. The van der Waals surface area contributed by atoms with Gasteiger partial charge in [0, 0.05) is 19.2 Å². The molecule has 2 N–H and O–H groups in total.